The van der Waals surface area contributed by atoms with Crippen LogP contribution in [0.25, 0.3) is 0 Å². The maximum absolute atomic E-state index is 11.0. The highest BCUT2D eigenvalue weighted by atomic mass is 16.4. The Morgan fingerprint density at radius 2 is 1.79 bits per heavy atom. The minimum Gasteiger partial charge on any atom is -0.507 e. The molecule has 1 aliphatic carbocycles. The molecule has 0 heterocycles. The van der Waals surface area contributed by atoms with Crippen LogP contribution in [0.15, 0.2) is 18.2 Å². The van der Waals surface area contributed by atoms with E-state index in [-0.39, 0.29) is 22.1 Å². The molecule has 1 saturated carbocycles. The predicted molar refractivity (Wildman–Crippen MR) is 74.7 cm³/mol. The zero-order valence-electron chi connectivity index (χ0n) is 11.9. The molecule has 1 aromatic rings. The molecule has 104 valence electrons. The summed E-state index contributed by atoms with van der Waals surface area (Å²) in [6.45, 7) is 6.74. The summed E-state index contributed by atoms with van der Waals surface area (Å²) in [4.78, 5) is 11.0. The van der Waals surface area contributed by atoms with Crippen molar-refractivity contribution in [1.29, 1.82) is 0 Å². The molecule has 1 aliphatic rings. The second-order valence-electron chi connectivity index (χ2n) is 6.46. The van der Waals surface area contributed by atoms with E-state index in [1.165, 1.54) is 18.9 Å². The molecular weight excluding hydrogens is 240 g/mol. The molecule has 1 unspecified atom stereocenters. The first-order chi connectivity index (χ1) is 8.78. The van der Waals surface area contributed by atoms with E-state index in [1.54, 1.807) is 6.07 Å². The highest BCUT2D eigenvalue weighted by molar-refractivity contribution is 5.90. The first-order valence-electron chi connectivity index (χ1n) is 6.85. The molecule has 0 amide bonds. The molecular formula is C16H22O3. The summed E-state index contributed by atoms with van der Waals surface area (Å²) in [7, 11) is 0. The van der Waals surface area contributed by atoms with Crippen molar-refractivity contribution in [2.45, 2.75) is 51.9 Å². The Hall–Kier alpha value is -1.51. The SMILES string of the molecule is CC1(C)CCCCC1(C)c1ccc(C(=O)O)c(O)c1. The lowest BCUT2D eigenvalue weighted by Gasteiger charge is -2.48. The van der Waals surface area contributed by atoms with Crippen LogP contribution in [-0.2, 0) is 5.41 Å². The fourth-order valence-electron chi connectivity index (χ4n) is 3.25. The summed E-state index contributed by atoms with van der Waals surface area (Å²) in [6, 6.07) is 5.01. The van der Waals surface area contributed by atoms with Crippen molar-refractivity contribution < 1.29 is 15.0 Å². The highest BCUT2D eigenvalue weighted by Crippen LogP contribution is 2.52. The standard InChI is InChI=1S/C16H22O3/c1-15(2)8-4-5-9-16(15,3)11-6-7-12(14(18)19)13(17)10-11/h6-7,10,17H,4-5,8-9H2,1-3H3,(H,18,19). The molecule has 1 atom stereocenters. The minimum atomic E-state index is -1.09. The van der Waals surface area contributed by atoms with Crippen LogP contribution in [0.5, 0.6) is 5.75 Å². The van der Waals surface area contributed by atoms with Crippen LogP contribution in [0, 0.1) is 5.41 Å². The van der Waals surface area contributed by atoms with Gasteiger partial charge in [-0.3, -0.25) is 0 Å². The van der Waals surface area contributed by atoms with Crippen molar-refractivity contribution in [2.24, 2.45) is 5.41 Å². The summed E-state index contributed by atoms with van der Waals surface area (Å²) in [5, 5.41) is 18.9. The summed E-state index contributed by atoms with van der Waals surface area (Å²) in [5.41, 5.74) is 1.16. The monoisotopic (exact) mass is 262 g/mol. The number of carboxylic acid groups (broad SMARTS) is 1. The van der Waals surface area contributed by atoms with Gasteiger partial charge in [0.2, 0.25) is 0 Å². The van der Waals surface area contributed by atoms with Crippen molar-refractivity contribution in [1.82, 2.24) is 0 Å². The lowest BCUT2D eigenvalue weighted by Crippen LogP contribution is -2.42. The number of carboxylic acids is 1. The normalized spacial score (nSPS) is 26.1. The van der Waals surface area contributed by atoms with Gasteiger partial charge in [-0.2, -0.15) is 0 Å². The van der Waals surface area contributed by atoms with Crippen molar-refractivity contribution in [2.75, 3.05) is 0 Å². The third-order valence-electron chi connectivity index (χ3n) is 5.09. The van der Waals surface area contributed by atoms with Gasteiger partial charge in [0.05, 0.1) is 0 Å². The molecule has 19 heavy (non-hydrogen) atoms. The van der Waals surface area contributed by atoms with Crippen molar-refractivity contribution >= 4 is 5.97 Å². The number of aromatic hydroxyl groups is 1. The van der Waals surface area contributed by atoms with Crippen LogP contribution in [0.2, 0.25) is 0 Å². The maximum Gasteiger partial charge on any atom is 0.339 e. The molecule has 2 N–H and O–H groups in total. The molecule has 0 aromatic heterocycles. The van der Waals surface area contributed by atoms with E-state index in [1.807, 2.05) is 6.07 Å². The number of rotatable bonds is 2. The topological polar surface area (TPSA) is 57.5 Å². The number of benzene rings is 1. The molecule has 3 heteroatoms. The van der Waals surface area contributed by atoms with E-state index >= 15 is 0 Å². The Kier molecular flexibility index (Phi) is 3.33. The van der Waals surface area contributed by atoms with E-state index in [0.29, 0.717) is 0 Å². The maximum atomic E-state index is 11.0. The number of hydrogen-bond acceptors (Lipinski definition) is 2. The molecule has 1 aromatic carbocycles. The van der Waals surface area contributed by atoms with Gasteiger partial charge in [0.1, 0.15) is 11.3 Å². The van der Waals surface area contributed by atoms with Crippen LogP contribution >= 0.6 is 0 Å². The quantitative estimate of drug-likeness (QED) is 0.848. The lowest BCUT2D eigenvalue weighted by molar-refractivity contribution is 0.0693. The number of aromatic carboxylic acids is 1. The van der Waals surface area contributed by atoms with Crippen LogP contribution in [0.3, 0.4) is 0 Å². The summed E-state index contributed by atoms with van der Waals surface area (Å²) in [6.07, 6.45) is 4.65. The van der Waals surface area contributed by atoms with Gasteiger partial charge in [-0.25, -0.2) is 4.79 Å². The Morgan fingerprint density at radius 1 is 1.16 bits per heavy atom. The second kappa shape index (κ2) is 4.55. The molecule has 2 rings (SSSR count). The lowest BCUT2D eigenvalue weighted by atomic mass is 9.56. The largest absolute Gasteiger partial charge is 0.507 e. The van der Waals surface area contributed by atoms with E-state index < -0.39 is 5.97 Å². The van der Waals surface area contributed by atoms with Gasteiger partial charge in [0.15, 0.2) is 0 Å². The van der Waals surface area contributed by atoms with Crippen LogP contribution < -0.4 is 0 Å². The second-order valence-corrected chi connectivity index (χ2v) is 6.46. The van der Waals surface area contributed by atoms with Crippen LogP contribution in [0.4, 0.5) is 0 Å². The first-order valence-corrected chi connectivity index (χ1v) is 6.85. The van der Waals surface area contributed by atoms with Gasteiger partial charge < -0.3 is 10.2 Å². The van der Waals surface area contributed by atoms with E-state index in [2.05, 4.69) is 20.8 Å². The van der Waals surface area contributed by atoms with Crippen molar-refractivity contribution in [3.8, 4) is 5.75 Å². The Labute approximate surface area is 114 Å². The summed E-state index contributed by atoms with van der Waals surface area (Å²) >= 11 is 0. The fraction of sp³-hybridized carbons (Fsp3) is 0.562. The summed E-state index contributed by atoms with van der Waals surface area (Å²) in [5.74, 6) is -1.22. The Morgan fingerprint density at radius 3 is 2.32 bits per heavy atom. The zero-order chi connectivity index (χ0) is 14.3. The van der Waals surface area contributed by atoms with E-state index in [4.69, 9.17) is 5.11 Å². The molecule has 0 bridgehead atoms. The predicted octanol–water partition coefficient (Wildman–Crippen LogP) is 3.95. The van der Waals surface area contributed by atoms with Crippen molar-refractivity contribution in [3.05, 3.63) is 29.3 Å². The van der Waals surface area contributed by atoms with Crippen molar-refractivity contribution in [3.63, 3.8) is 0 Å². The van der Waals surface area contributed by atoms with Gasteiger partial charge in [-0.05, 0) is 41.4 Å². The van der Waals surface area contributed by atoms with E-state index in [9.17, 15) is 9.90 Å². The van der Waals surface area contributed by atoms with Gasteiger partial charge in [-0.15, -0.1) is 0 Å². The highest BCUT2D eigenvalue weighted by Gasteiger charge is 2.44. The molecule has 3 nitrogen and oxygen atoms in total. The fourth-order valence-corrected chi connectivity index (χ4v) is 3.25. The van der Waals surface area contributed by atoms with Gasteiger partial charge >= 0.3 is 5.97 Å². The third kappa shape index (κ3) is 2.22. The number of phenols is 1. The van der Waals surface area contributed by atoms with Crippen LogP contribution in [0.1, 0.15) is 62.4 Å². The van der Waals surface area contributed by atoms with E-state index in [0.717, 1.165) is 18.4 Å². The molecule has 0 spiro atoms. The molecule has 0 radical (unpaired) electrons. The third-order valence-corrected chi connectivity index (χ3v) is 5.09. The van der Waals surface area contributed by atoms with Gasteiger partial charge in [0.25, 0.3) is 0 Å². The Balaban J connectivity index is 2.46. The number of hydrogen-bond donors (Lipinski definition) is 2. The average Bonchev–Trinajstić information content (AvgIpc) is 2.32. The molecule has 0 aliphatic heterocycles. The minimum absolute atomic E-state index is 0.0141. The van der Waals surface area contributed by atoms with Gasteiger partial charge in [0, 0.05) is 0 Å². The zero-order valence-corrected chi connectivity index (χ0v) is 11.9. The number of carbonyl (C=O) groups is 1. The molecule has 1 fully saturated rings. The first kappa shape index (κ1) is 13.9. The van der Waals surface area contributed by atoms with Gasteiger partial charge in [-0.1, -0.05) is 39.7 Å². The molecule has 0 saturated heterocycles. The average molecular weight is 262 g/mol. The van der Waals surface area contributed by atoms with Crippen LogP contribution in [-0.4, -0.2) is 16.2 Å². The smallest absolute Gasteiger partial charge is 0.339 e. The Bertz CT molecular complexity index is 505. The summed E-state index contributed by atoms with van der Waals surface area (Å²) < 4.78 is 0.